The second-order valence-electron chi connectivity index (χ2n) is 4.86. The lowest BCUT2D eigenvalue weighted by atomic mass is 10.2. The fraction of sp³-hybridized carbons (Fsp3) is 0.462. The van der Waals surface area contributed by atoms with Crippen molar-refractivity contribution in [1.29, 1.82) is 0 Å². The first-order valence-electron chi connectivity index (χ1n) is 6.47. The zero-order chi connectivity index (χ0) is 15.5. The van der Waals surface area contributed by atoms with Crippen molar-refractivity contribution < 1.29 is 17.9 Å². The molecule has 2 N–H and O–H groups in total. The lowest BCUT2D eigenvalue weighted by Gasteiger charge is -2.23. The van der Waals surface area contributed by atoms with E-state index in [0.29, 0.717) is 18.0 Å². The molecule has 1 aliphatic rings. The van der Waals surface area contributed by atoms with Crippen LogP contribution < -0.4 is 15.4 Å². The number of amides is 1. The van der Waals surface area contributed by atoms with E-state index in [1.165, 1.54) is 7.11 Å². The summed E-state index contributed by atoms with van der Waals surface area (Å²) in [5, 5.41) is 5.80. The second kappa shape index (κ2) is 6.76. The molecule has 8 heteroatoms. The van der Waals surface area contributed by atoms with Crippen LogP contribution in [-0.4, -0.2) is 45.5 Å². The maximum absolute atomic E-state index is 12.1. The highest BCUT2D eigenvalue weighted by molar-refractivity contribution is 9.10. The molecule has 21 heavy (non-hydrogen) atoms. The van der Waals surface area contributed by atoms with E-state index in [9.17, 15) is 13.2 Å². The van der Waals surface area contributed by atoms with Crippen LogP contribution in [0.2, 0.25) is 0 Å². The summed E-state index contributed by atoms with van der Waals surface area (Å²) in [6.45, 7) is 0.389. The van der Waals surface area contributed by atoms with Gasteiger partial charge in [-0.05, 0) is 18.2 Å². The number of halogens is 1. The molecule has 0 spiro atoms. The first kappa shape index (κ1) is 16.3. The minimum Gasteiger partial charge on any atom is -0.495 e. The summed E-state index contributed by atoms with van der Waals surface area (Å²) in [5.41, 5.74) is 0.551. The number of hydrogen-bond acceptors (Lipinski definition) is 5. The van der Waals surface area contributed by atoms with Crippen LogP contribution in [0.1, 0.15) is 6.42 Å². The van der Waals surface area contributed by atoms with Crippen LogP contribution in [0, 0.1) is 0 Å². The van der Waals surface area contributed by atoms with Gasteiger partial charge in [-0.25, -0.2) is 8.42 Å². The Bertz CT molecular complexity index is 633. The Kier molecular flexibility index (Phi) is 5.23. The largest absolute Gasteiger partial charge is 0.495 e. The zero-order valence-corrected chi connectivity index (χ0v) is 14.0. The van der Waals surface area contributed by atoms with Gasteiger partial charge in [-0.3, -0.25) is 4.79 Å². The highest BCUT2D eigenvalue weighted by atomic mass is 79.9. The van der Waals surface area contributed by atoms with Gasteiger partial charge in [0.05, 0.1) is 24.3 Å². The van der Waals surface area contributed by atoms with Crippen molar-refractivity contribution in [2.24, 2.45) is 0 Å². The summed E-state index contributed by atoms with van der Waals surface area (Å²) in [7, 11) is -1.52. The summed E-state index contributed by atoms with van der Waals surface area (Å²) < 4.78 is 29.1. The molecule has 1 fully saturated rings. The molecule has 0 bridgehead atoms. The Morgan fingerprint density at radius 2 is 2.29 bits per heavy atom. The maximum Gasteiger partial charge on any atom is 0.226 e. The molecule has 2 rings (SSSR count). The van der Waals surface area contributed by atoms with Crippen LogP contribution in [0.3, 0.4) is 0 Å². The van der Waals surface area contributed by atoms with Crippen molar-refractivity contribution in [3.8, 4) is 5.75 Å². The van der Waals surface area contributed by atoms with Crippen molar-refractivity contribution in [3.05, 3.63) is 22.7 Å². The minimum absolute atomic E-state index is 0.00393. The van der Waals surface area contributed by atoms with Crippen LogP contribution in [-0.2, 0) is 14.6 Å². The minimum atomic E-state index is -3.04. The Morgan fingerprint density at radius 3 is 2.95 bits per heavy atom. The van der Waals surface area contributed by atoms with Gasteiger partial charge in [0, 0.05) is 23.5 Å². The monoisotopic (exact) mass is 376 g/mol. The van der Waals surface area contributed by atoms with Crippen molar-refractivity contribution in [2.45, 2.75) is 12.5 Å². The van der Waals surface area contributed by atoms with Crippen LogP contribution in [0.5, 0.6) is 5.75 Å². The second-order valence-corrected chi connectivity index (χ2v) is 8.01. The molecule has 0 radical (unpaired) electrons. The average molecular weight is 377 g/mol. The summed E-state index contributed by atoms with van der Waals surface area (Å²) in [4.78, 5) is 12.1. The molecule has 1 unspecified atom stereocenters. The highest BCUT2D eigenvalue weighted by Gasteiger charge is 2.26. The van der Waals surface area contributed by atoms with Crippen molar-refractivity contribution >= 4 is 37.4 Å². The normalized spacial score (nSPS) is 20.8. The smallest absolute Gasteiger partial charge is 0.226 e. The number of hydrogen-bond donors (Lipinski definition) is 2. The summed E-state index contributed by atoms with van der Waals surface area (Å²) >= 11 is 3.33. The number of anilines is 1. The van der Waals surface area contributed by atoms with Gasteiger partial charge in [-0.2, -0.15) is 0 Å². The molecule has 1 aromatic rings. The Balaban J connectivity index is 2.00. The lowest BCUT2D eigenvalue weighted by molar-refractivity contribution is -0.116. The van der Waals surface area contributed by atoms with Crippen molar-refractivity contribution in [2.75, 3.05) is 30.5 Å². The Hall–Kier alpha value is -1.12. The van der Waals surface area contributed by atoms with Gasteiger partial charge in [0.15, 0.2) is 9.84 Å². The molecule has 0 saturated carbocycles. The molecular weight excluding hydrogens is 360 g/mol. The van der Waals surface area contributed by atoms with Crippen LogP contribution in [0.25, 0.3) is 0 Å². The van der Waals surface area contributed by atoms with E-state index < -0.39 is 9.84 Å². The molecule has 116 valence electrons. The summed E-state index contributed by atoms with van der Waals surface area (Å²) in [5.74, 6) is 0.428. The number of nitrogens with one attached hydrogen (secondary N) is 2. The first-order valence-corrected chi connectivity index (χ1v) is 9.08. The summed E-state index contributed by atoms with van der Waals surface area (Å²) in [6.07, 6.45) is 0.106. The number of carbonyl (C=O) groups excluding carboxylic acids is 1. The van der Waals surface area contributed by atoms with Gasteiger partial charge in [-0.15, -0.1) is 0 Å². The molecule has 1 saturated heterocycles. The molecule has 1 aromatic carbocycles. The van der Waals surface area contributed by atoms with E-state index in [0.717, 1.165) is 4.47 Å². The molecule has 0 aliphatic carbocycles. The SMILES string of the molecule is COc1ccc(Br)cc1NC(=O)CC1CS(=O)(=O)CCN1. The van der Waals surface area contributed by atoms with E-state index in [2.05, 4.69) is 26.6 Å². The molecule has 1 heterocycles. The maximum atomic E-state index is 12.1. The number of ether oxygens (including phenoxy) is 1. The Morgan fingerprint density at radius 1 is 1.52 bits per heavy atom. The Labute approximate surface area is 132 Å². The molecule has 1 aliphatic heterocycles. The van der Waals surface area contributed by atoms with Gasteiger partial charge in [0.25, 0.3) is 0 Å². The first-order chi connectivity index (χ1) is 9.89. The molecule has 1 atom stereocenters. The van der Waals surface area contributed by atoms with Gasteiger partial charge < -0.3 is 15.4 Å². The van der Waals surface area contributed by atoms with Gasteiger partial charge in [0.2, 0.25) is 5.91 Å². The average Bonchev–Trinajstić information content (AvgIpc) is 2.37. The van der Waals surface area contributed by atoms with Crippen molar-refractivity contribution in [1.82, 2.24) is 5.32 Å². The van der Waals surface area contributed by atoms with E-state index in [1.54, 1.807) is 12.1 Å². The fourth-order valence-corrected chi connectivity index (χ4v) is 4.01. The van der Waals surface area contributed by atoms with Gasteiger partial charge in [0.1, 0.15) is 5.75 Å². The third-order valence-electron chi connectivity index (χ3n) is 3.17. The molecular formula is C13H17BrN2O4S. The standard InChI is InChI=1S/C13H17BrN2O4S/c1-20-12-3-2-9(14)6-11(12)16-13(17)7-10-8-21(18,19)5-4-15-10/h2-3,6,10,15H,4-5,7-8H2,1H3,(H,16,17). The van der Waals surface area contributed by atoms with E-state index >= 15 is 0 Å². The number of carbonyl (C=O) groups is 1. The number of benzene rings is 1. The predicted molar refractivity (Wildman–Crippen MR) is 84.4 cm³/mol. The number of sulfone groups is 1. The molecule has 0 aromatic heterocycles. The van der Waals surface area contributed by atoms with E-state index in [4.69, 9.17) is 4.74 Å². The lowest BCUT2D eigenvalue weighted by Crippen LogP contribution is -2.46. The summed E-state index contributed by atoms with van der Waals surface area (Å²) in [6, 6.07) is 4.94. The zero-order valence-electron chi connectivity index (χ0n) is 11.6. The quantitative estimate of drug-likeness (QED) is 0.823. The van der Waals surface area contributed by atoms with Gasteiger partial charge in [-0.1, -0.05) is 15.9 Å². The highest BCUT2D eigenvalue weighted by Crippen LogP contribution is 2.28. The number of methoxy groups -OCH3 is 1. The van der Waals surface area contributed by atoms with E-state index in [1.807, 2.05) is 6.07 Å². The predicted octanol–water partition coefficient (Wildman–Crippen LogP) is 1.17. The van der Waals surface area contributed by atoms with Gasteiger partial charge >= 0.3 is 0 Å². The fourth-order valence-electron chi connectivity index (χ4n) is 2.20. The third-order valence-corrected chi connectivity index (χ3v) is 5.40. The molecule has 1 amide bonds. The van der Waals surface area contributed by atoms with Crippen LogP contribution in [0.15, 0.2) is 22.7 Å². The third kappa shape index (κ3) is 4.69. The van der Waals surface area contributed by atoms with Crippen LogP contribution >= 0.6 is 15.9 Å². The molecule has 6 nitrogen and oxygen atoms in total. The van der Waals surface area contributed by atoms with E-state index in [-0.39, 0.29) is 29.9 Å². The topological polar surface area (TPSA) is 84.5 Å². The van der Waals surface area contributed by atoms with Crippen LogP contribution in [0.4, 0.5) is 5.69 Å². The van der Waals surface area contributed by atoms with Crippen molar-refractivity contribution in [3.63, 3.8) is 0 Å². The number of rotatable bonds is 4.